The van der Waals surface area contributed by atoms with Crippen LogP contribution in [0.4, 0.5) is 28.4 Å². The number of nitro benzene ring substituents is 1. The molecular formula is C78H79N15O24S. The van der Waals surface area contributed by atoms with E-state index in [-0.39, 0.29) is 132 Å². The van der Waals surface area contributed by atoms with E-state index in [2.05, 4.69) is 26.6 Å². The number of phenols is 4. The van der Waals surface area contributed by atoms with Crippen molar-refractivity contribution >= 4 is 127 Å². The average Bonchev–Trinajstić information content (AvgIpc) is 1.62. The normalized spacial score (nSPS) is 19.9. The van der Waals surface area contributed by atoms with Crippen molar-refractivity contribution in [1.29, 1.82) is 0 Å². The number of piperidine rings is 5. The Morgan fingerprint density at radius 1 is 0.339 bits per heavy atom. The van der Waals surface area contributed by atoms with Gasteiger partial charge in [-0.3, -0.25) is 113 Å². The zero-order valence-corrected chi connectivity index (χ0v) is 63.5. The lowest BCUT2D eigenvalue weighted by atomic mass is 10.0. The van der Waals surface area contributed by atoms with Gasteiger partial charge in [-0.25, -0.2) is 0 Å². The second-order valence-corrected chi connectivity index (χ2v) is 29.3. The number of phenolic OH excluding ortho intramolecular Hbond substituents is 4. The first kappa shape index (κ1) is 85.7. The number of nitrogens with two attached hydrogens (primary N) is 4. The van der Waals surface area contributed by atoms with Crippen molar-refractivity contribution in [2.45, 2.75) is 127 Å². The molecule has 0 aromatic heterocycles. The van der Waals surface area contributed by atoms with Gasteiger partial charge in [0.2, 0.25) is 59.1 Å². The third-order valence-electron chi connectivity index (χ3n) is 19.9. The summed E-state index contributed by atoms with van der Waals surface area (Å²) in [6, 6.07) is 33.6. The number of imide groups is 5. The predicted octanol–water partition coefficient (Wildman–Crippen LogP) is 2.17. The van der Waals surface area contributed by atoms with E-state index in [1.165, 1.54) is 79.1 Å². The van der Waals surface area contributed by atoms with Crippen molar-refractivity contribution in [2.75, 3.05) is 29.2 Å². The van der Waals surface area contributed by atoms with Crippen molar-refractivity contribution in [2.24, 2.45) is 0 Å². The molecule has 5 unspecified atom stereocenters. The van der Waals surface area contributed by atoms with Crippen LogP contribution < -0.4 is 49.5 Å². The maximum absolute atomic E-state index is 12.3. The van der Waals surface area contributed by atoms with Gasteiger partial charge < -0.3 is 67.9 Å². The Labute approximate surface area is 670 Å². The molecule has 39 nitrogen and oxygen atoms in total. The van der Waals surface area contributed by atoms with Crippen molar-refractivity contribution in [3.05, 3.63) is 205 Å². The summed E-state index contributed by atoms with van der Waals surface area (Å²) in [5.41, 5.74) is 31.3. The van der Waals surface area contributed by atoms with Crippen LogP contribution in [0.1, 0.15) is 144 Å². The molecule has 5 atom stereocenters. The first-order chi connectivity index (χ1) is 55.9. The maximum atomic E-state index is 12.3. The third-order valence-corrected chi connectivity index (χ3v) is 19.9. The Morgan fingerprint density at radius 2 is 0.525 bits per heavy atom. The molecule has 10 aliphatic rings. The van der Waals surface area contributed by atoms with Crippen LogP contribution in [0.25, 0.3) is 0 Å². The van der Waals surface area contributed by atoms with Crippen LogP contribution in [0, 0.1) is 10.1 Å². The van der Waals surface area contributed by atoms with Crippen molar-refractivity contribution in [3.63, 3.8) is 0 Å². The Hall–Kier alpha value is -14.7. The van der Waals surface area contributed by atoms with E-state index in [0.717, 1.165) is 22.3 Å². The van der Waals surface area contributed by atoms with Crippen LogP contribution >= 0.6 is 0 Å². The number of aromatic hydroxyl groups is 4. The van der Waals surface area contributed by atoms with E-state index in [1.54, 1.807) is 84.9 Å². The minimum atomic E-state index is -3.67. The molecule has 15 amide bonds. The second kappa shape index (κ2) is 36.6. The Morgan fingerprint density at radius 3 is 0.703 bits per heavy atom. The molecule has 17 rings (SSSR count). The van der Waals surface area contributed by atoms with E-state index in [9.17, 15) is 90.5 Å². The van der Waals surface area contributed by atoms with E-state index in [0.29, 0.717) is 109 Å². The molecule has 0 bridgehead atoms. The summed E-state index contributed by atoms with van der Waals surface area (Å²) in [6.45, 7) is 1.32. The minimum absolute atomic E-state index is 0.0115. The van der Waals surface area contributed by atoms with Gasteiger partial charge in [0.1, 0.15) is 53.2 Å². The molecule has 5 fully saturated rings. The topological polar surface area (TPSA) is 615 Å². The summed E-state index contributed by atoms with van der Waals surface area (Å²) < 4.78 is 25.9. The number of nitrogen functional groups attached to an aromatic ring is 4. The standard InChI is InChI=1S/C13H11N3O5.4C13H13N3O3.2C6H6O2.CH4O3S/c17-11-5-4-10(12(18)14-11)15-6-8-7(13(15)19)2-1-3-9(8)16(20)21;4*14-9-3-1-2-7-8(9)6-16(13(7)19)10-4-5-11(17)15-12(10)18;2*7-5-2-1-3-6(8)4-5;1-5(2,3)4/h1-3,10H,4-6H2,(H,14,17,18);4*1-3,10H,4-6,14H2,(H,15,17,18);2*1-4,7-8H;1H3,(H,2,3,4). The average molecular weight is 1640 g/mol. The Balaban J connectivity index is 0.000000146. The highest BCUT2D eigenvalue weighted by Gasteiger charge is 2.46. The fraction of sp³-hybridized carbons (Fsp3) is 0.269. The number of fused-ring (bicyclic) bond motifs is 5. The van der Waals surface area contributed by atoms with Crippen LogP contribution in [-0.4, -0.2) is 188 Å². The number of anilines is 4. The van der Waals surface area contributed by atoms with Crippen molar-refractivity contribution in [1.82, 2.24) is 51.1 Å². The van der Waals surface area contributed by atoms with Gasteiger partial charge in [0.25, 0.3) is 45.3 Å². The molecule has 7 aromatic carbocycles. The van der Waals surface area contributed by atoms with Gasteiger partial charge >= 0.3 is 0 Å². The number of benzene rings is 7. The van der Waals surface area contributed by atoms with Crippen LogP contribution in [0.5, 0.6) is 23.0 Å². The number of carbonyl (C=O) groups excluding carboxylic acids is 15. The lowest BCUT2D eigenvalue weighted by molar-refractivity contribution is -0.385. The number of hydrogen-bond donors (Lipinski definition) is 14. The molecule has 10 aliphatic heterocycles. The number of amides is 15. The zero-order chi connectivity index (χ0) is 85.9. The number of carbonyl (C=O) groups is 15. The van der Waals surface area contributed by atoms with Gasteiger partial charge in [-0.1, -0.05) is 42.5 Å². The summed E-state index contributed by atoms with van der Waals surface area (Å²) >= 11 is 0. The summed E-state index contributed by atoms with van der Waals surface area (Å²) in [6.07, 6.45) is 3.59. The lowest BCUT2D eigenvalue weighted by Gasteiger charge is -2.29. The summed E-state index contributed by atoms with van der Waals surface area (Å²) in [5, 5.41) is 56.9. The van der Waals surface area contributed by atoms with Gasteiger partial charge in [-0.2, -0.15) is 8.42 Å². The van der Waals surface area contributed by atoms with Gasteiger partial charge in [0.05, 0.1) is 28.9 Å². The molecule has 0 aliphatic carbocycles. The van der Waals surface area contributed by atoms with Crippen molar-refractivity contribution < 1.29 is 110 Å². The predicted molar refractivity (Wildman–Crippen MR) is 414 cm³/mol. The maximum Gasteiger partial charge on any atom is 0.275 e. The van der Waals surface area contributed by atoms with E-state index in [4.69, 9.17) is 47.9 Å². The first-order valence-electron chi connectivity index (χ1n) is 36.2. The molecule has 10 heterocycles. The number of nitro groups is 1. The summed E-state index contributed by atoms with van der Waals surface area (Å²) in [7, 11) is -3.67. The van der Waals surface area contributed by atoms with Crippen LogP contribution in [-0.2, 0) is 90.8 Å². The first-order valence-corrected chi connectivity index (χ1v) is 38.1. The summed E-state index contributed by atoms with van der Waals surface area (Å²) in [5.74, 6) is -4.53. The third kappa shape index (κ3) is 20.3. The van der Waals surface area contributed by atoms with E-state index < -0.39 is 80.7 Å². The molecule has 118 heavy (non-hydrogen) atoms. The van der Waals surface area contributed by atoms with Gasteiger partial charge in [0, 0.05) is 144 Å². The summed E-state index contributed by atoms with van der Waals surface area (Å²) in [4.78, 5) is 194. The Kier molecular flexibility index (Phi) is 26.6. The molecular weight excluding hydrogens is 1560 g/mol. The number of hydrogen-bond acceptors (Lipinski definition) is 27. The smallest absolute Gasteiger partial charge is 0.275 e. The molecule has 616 valence electrons. The highest BCUT2D eigenvalue weighted by Crippen LogP contribution is 2.37. The van der Waals surface area contributed by atoms with E-state index in [1.807, 2.05) is 0 Å². The van der Waals surface area contributed by atoms with Crippen molar-refractivity contribution in [3.8, 4) is 23.0 Å². The van der Waals surface area contributed by atoms with Crippen LogP contribution in [0.15, 0.2) is 140 Å². The van der Waals surface area contributed by atoms with Crippen LogP contribution in [0.2, 0.25) is 0 Å². The molecule has 5 saturated heterocycles. The second-order valence-electron chi connectivity index (χ2n) is 27.8. The SMILES string of the molecule is CS(=O)(=O)O.Nc1cccc2c1CN(C1CCC(=O)NC1=O)C2=O.Nc1cccc2c1CN(C1CCC(=O)NC1=O)C2=O.Nc1cccc2c1CN(C1CCC(=O)NC1=O)C2=O.Nc1cccc2c1CN(C1CCC(=O)NC1=O)C2=O.O=C1CCC(N2Cc3c(cccc3[N+](=O)[O-])C2=O)C(=O)N1.Oc1cccc(O)c1.Oc1cccc(O)c1. The molecule has 0 radical (unpaired) electrons. The lowest BCUT2D eigenvalue weighted by Crippen LogP contribution is -2.52. The zero-order valence-electron chi connectivity index (χ0n) is 62.7. The highest BCUT2D eigenvalue weighted by atomic mass is 32.2. The van der Waals surface area contributed by atoms with Gasteiger partial charge in [0.15, 0.2) is 0 Å². The highest BCUT2D eigenvalue weighted by molar-refractivity contribution is 7.85. The fourth-order valence-electron chi connectivity index (χ4n) is 14.2. The molecule has 18 N–H and O–H groups in total. The Bertz CT molecular complexity index is 4920. The molecule has 0 saturated carbocycles. The molecule has 0 spiro atoms. The van der Waals surface area contributed by atoms with Gasteiger partial charge in [-0.15, -0.1) is 0 Å². The largest absolute Gasteiger partial charge is 0.508 e. The molecule has 7 aromatic rings. The fourth-order valence-corrected chi connectivity index (χ4v) is 14.2. The number of rotatable bonds is 6. The molecule has 40 heteroatoms. The van der Waals surface area contributed by atoms with E-state index >= 15 is 0 Å². The number of nitrogens with zero attached hydrogens (tertiary/aromatic N) is 6. The van der Waals surface area contributed by atoms with Crippen LogP contribution in [0.3, 0.4) is 0 Å². The monoisotopic (exact) mass is 1640 g/mol. The quantitative estimate of drug-likeness (QED) is 0.0373. The van der Waals surface area contributed by atoms with Gasteiger partial charge in [-0.05, 0) is 111 Å². The number of nitrogens with one attached hydrogen (secondary N) is 5. The minimum Gasteiger partial charge on any atom is -0.508 e.